The van der Waals surface area contributed by atoms with E-state index in [0.717, 1.165) is 11.3 Å². The van der Waals surface area contributed by atoms with E-state index in [-0.39, 0.29) is 0 Å². The highest BCUT2D eigenvalue weighted by atomic mass is 16.3. The third kappa shape index (κ3) is 2.81. The van der Waals surface area contributed by atoms with Gasteiger partial charge in [-0.2, -0.15) is 0 Å². The molecule has 1 aromatic heterocycles. The third-order valence-corrected chi connectivity index (χ3v) is 2.36. The first-order chi connectivity index (χ1) is 7.86. The van der Waals surface area contributed by atoms with Gasteiger partial charge in [0.05, 0.1) is 6.10 Å². The van der Waals surface area contributed by atoms with Gasteiger partial charge >= 0.3 is 0 Å². The molecule has 2 N–H and O–H groups in total. The van der Waals surface area contributed by atoms with Gasteiger partial charge in [-0.25, -0.2) is 0 Å². The van der Waals surface area contributed by atoms with E-state index in [1.165, 1.54) is 0 Å². The summed E-state index contributed by atoms with van der Waals surface area (Å²) in [5.74, 6) is 0. The van der Waals surface area contributed by atoms with Gasteiger partial charge in [-0.05, 0) is 17.7 Å². The Bertz CT molecular complexity index is 416. The molecule has 1 atom stereocenters. The number of aliphatic hydroxyl groups is 1. The molecule has 0 spiro atoms. The molecule has 82 valence electrons. The smallest absolute Gasteiger partial charge is 0.0962 e. The molecular formula is C13H14N2O. The number of rotatable bonds is 4. The molecule has 3 nitrogen and oxygen atoms in total. The molecular weight excluding hydrogens is 200 g/mol. The predicted molar refractivity (Wildman–Crippen MR) is 64.1 cm³/mol. The number of nitrogens with zero attached hydrogens (tertiary/aromatic N) is 1. The Morgan fingerprint density at radius 1 is 1.06 bits per heavy atom. The van der Waals surface area contributed by atoms with Gasteiger partial charge in [0, 0.05) is 24.6 Å². The SMILES string of the molecule is OC(CNc1ccncc1)c1ccccc1. The fraction of sp³-hybridized carbons (Fsp3) is 0.154. The lowest BCUT2D eigenvalue weighted by atomic mass is 10.1. The Kier molecular flexibility index (Phi) is 3.51. The van der Waals surface area contributed by atoms with Crippen LogP contribution >= 0.6 is 0 Å². The predicted octanol–water partition coefficient (Wildman–Crippen LogP) is 2.23. The molecule has 0 fully saturated rings. The maximum absolute atomic E-state index is 9.90. The summed E-state index contributed by atoms with van der Waals surface area (Å²) in [6, 6.07) is 13.4. The van der Waals surface area contributed by atoms with Crippen LogP contribution in [0, 0.1) is 0 Å². The number of nitrogens with one attached hydrogen (secondary N) is 1. The first-order valence-electron chi connectivity index (χ1n) is 5.23. The summed E-state index contributed by atoms with van der Waals surface area (Å²) < 4.78 is 0. The van der Waals surface area contributed by atoms with Crippen LogP contribution in [0.1, 0.15) is 11.7 Å². The van der Waals surface area contributed by atoms with E-state index in [4.69, 9.17) is 0 Å². The van der Waals surface area contributed by atoms with E-state index < -0.39 is 6.10 Å². The van der Waals surface area contributed by atoms with Crippen molar-refractivity contribution in [1.29, 1.82) is 0 Å². The summed E-state index contributed by atoms with van der Waals surface area (Å²) in [7, 11) is 0. The largest absolute Gasteiger partial charge is 0.387 e. The molecule has 2 rings (SSSR count). The van der Waals surface area contributed by atoms with Gasteiger partial charge in [-0.15, -0.1) is 0 Å². The lowest BCUT2D eigenvalue weighted by molar-refractivity contribution is 0.191. The summed E-state index contributed by atoms with van der Waals surface area (Å²) >= 11 is 0. The quantitative estimate of drug-likeness (QED) is 0.820. The van der Waals surface area contributed by atoms with Crippen molar-refractivity contribution in [2.24, 2.45) is 0 Å². The lowest BCUT2D eigenvalue weighted by Gasteiger charge is -2.12. The molecule has 0 amide bonds. The summed E-state index contributed by atoms with van der Waals surface area (Å²) in [6.45, 7) is 0.494. The molecule has 1 aromatic carbocycles. The van der Waals surface area contributed by atoms with Gasteiger partial charge in [0.25, 0.3) is 0 Å². The highest BCUT2D eigenvalue weighted by Crippen LogP contribution is 2.13. The maximum Gasteiger partial charge on any atom is 0.0962 e. The molecule has 0 aliphatic rings. The molecule has 2 aromatic rings. The van der Waals surface area contributed by atoms with E-state index in [1.54, 1.807) is 12.4 Å². The van der Waals surface area contributed by atoms with Crippen LogP contribution in [0.25, 0.3) is 0 Å². The summed E-state index contributed by atoms with van der Waals surface area (Å²) in [4.78, 5) is 3.93. The van der Waals surface area contributed by atoms with Gasteiger partial charge in [0.15, 0.2) is 0 Å². The summed E-state index contributed by atoms with van der Waals surface area (Å²) in [5.41, 5.74) is 1.88. The minimum absolute atomic E-state index is 0.491. The molecule has 0 radical (unpaired) electrons. The zero-order valence-corrected chi connectivity index (χ0v) is 8.88. The monoisotopic (exact) mass is 214 g/mol. The van der Waals surface area contributed by atoms with Crippen LogP contribution in [0.4, 0.5) is 5.69 Å². The van der Waals surface area contributed by atoms with Gasteiger partial charge in [-0.3, -0.25) is 4.98 Å². The molecule has 0 bridgehead atoms. The third-order valence-electron chi connectivity index (χ3n) is 2.36. The van der Waals surface area contributed by atoms with Crippen molar-refractivity contribution >= 4 is 5.69 Å². The molecule has 0 saturated heterocycles. The number of benzene rings is 1. The molecule has 16 heavy (non-hydrogen) atoms. The number of pyridine rings is 1. The topological polar surface area (TPSA) is 45.1 Å². The summed E-state index contributed by atoms with van der Waals surface area (Å²) in [5, 5.41) is 13.1. The van der Waals surface area contributed by atoms with Crippen molar-refractivity contribution in [2.75, 3.05) is 11.9 Å². The Morgan fingerprint density at radius 2 is 1.75 bits per heavy atom. The molecule has 1 unspecified atom stereocenters. The Hall–Kier alpha value is -1.87. The normalized spacial score (nSPS) is 12.1. The number of aromatic nitrogens is 1. The van der Waals surface area contributed by atoms with E-state index in [1.807, 2.05) is 42.5 Å². The second-order valence-corrected chi connectivity index (χ2v) is 3.54. The number of anilines is 1. The van der Waals surface area contributed by atoms with E-state index in [2.05, 4.69) is 10.3 Å². The summed E-state index contributed by atoms with van der Waals surface area (Å²) in [6.07, 6.45) is 2.95. The van der Waals surface area contributed by atoms with Crippen LogP contribution in [0.2, 0.25) is 0 Å². The zero-order valence-electron chi connectivity index (χ0n) is 8.88. The minimum atomic E-state index is -0.491. The zero-order chi connectivity index (χ0) is 11.2. The Balaban J connectivity index is 1.92. The van der Waals surface area contributed by atoms with Crippen molar-refractivity contribution < 1.29 is 5.11 Å². The number of aliphatic hydroxyl groups excluding tert-OH is 1. The lowest BCUT2D eigenvalue weighted by Crippen LogP contribution is -2.11. The van der Waals surface area contributed by atoms with E-state index >= 15 is 0 Å². The number of hydrogen-bond acceptors (Lipinski definition) is 3. The van der Waals surface area contributed by atoms with Crippen molar-refractivity contribution in [3.8, 4) is 0 Å². The van der Waals surface area contributed by atoms with Gasteiger partial charge < -0.3 is 10.4 Å². The Morgan fingerprint density at radius 3 is 2.44 bits per heavy atom. The van der Waals surface area contributed by atoms with Crippen molar-refractivity contribution in [2.45, 2.75) is 6.10 Å². The number of hydrogen-bond donors (Lipinski definition) is 2. The van der Waals surface area contributed by atoms with E-state index in [9.17, 15) is 5.11 Å². The Labute approximate surface area is 94.8 Å². The fourth-order valence-corrected chi connectivity index (χ4v) is 1.48. The van der Waals surface area contributed by atoms with E-state index in [0.29, 0.717) is 6.54 Å². The van der Waals surface area contributed by atoms with Crippen LogP contribution in [0.15, 0.2) is 54.9 Å². The van der Waals surface area contributed by atoms with Crippen LogP contribution in [0.5, 0.6) is 0 Å². The highest BCUT2D eigenvalue weighted by Gasteiger charge is 2.05. The van der Waals surface area contributed by atoms with Gasteiger partial charge in [0.1, 0.15) is 0 Å². The molecule has 0 aliphatic carbocycles. The first-order valence-corrected chi connectivity index (χ1v) is 5.23. The first kappa shape index (κ1) is 10.6. The standard InChI is InChI=1S/C13H14N2O/c16-13(11-4-2-1-3-5-11)10-15-12-6-8-14-9-7-12/h1-9,13,16H,10H2,(H,14,15). The average molecular weight is 214 g/mol. The van der Waals surface area contributed by atoms with Crippen molar-refractivity contribution in [1.82, 2.24) is 4.98 Å². The molecule has 0 saturated carbocycles. The average Bonchev–Trinajstić information content (AvgIpc) is 2.38. The van der Waals surface area contributed by atoms with Crippen molar-refractivity contribution in [3.63, 3.8) is 0 Å². The van der Waals surface area contributed by atoms with Crippen LogP contribution in [-0.4, -0.2) is 16.6 Å². The minimum Gasteiger partial charge on any atom is -0.387 e. The fourth-order valence-electron chi connectivity index (χ4n) is 1.48. The maximum atomic E-state index is 9.90. The van der Waals surface area contributed by atoms with Gasteiger partial charge in [-0.1, -0.05) is 30.3 Å². The molecule has 0 aliphatic heterocycles. The van der Waals surface area contributed by atoms with Crippen LogP contribution in [-0.2, 0) is 0 Å². The van der Waals surface area contributed by atoms with Gasteiger partial charge in [0.2, 0.25) is 0 Å². The van der Waals surface area contributed by atoms with Crippen LogP contribution < -0.4 is 5.32 Å². The van der Waals surface area contributed by atoms with Crippen LogP contribution in [0.3, 0.4) is 0 Å². The second kappa shape index (κ2) is 5.28. The molecule has 1 heterocycles. The van der Waals surface area contributed by atoms with Crippen molar-refractivity contribution in [3.05, 3.63) is 60.4 Å². The molecule has 3 heteroatoms. The highest BCUT2D eigenvalue weighted by molar-refractivity contribution is 5.41. The second-order valence-electron chi connectivity index (χ2n) is 3.54.